The summed E-state index contributed by atoms with van der Waals surface area (Å²) in [6.45, 7) is 1.92. The van der Waals surface area contributed by atoms with Gasteiger partial charge in [0.25, 0.3) is 0 Å². The minimum Gasteiger partial charge on any atom is -0.383 e. The van der Waals surface area contributed by atoms with E-state index in [-0.39, 0.29) is 22.9 Å². The Morgan fingerprint density at radius 1 is 1.28 bits per heavy atom. The lowest BCUT2D eigenvalue weighted by Crippen LogP contribution is -2.27. The average Bonchev–Trinajstić information content (AvgIpc) is 3.37. The number of hydrogen-bond acceptors (Lipinski definition) is 6. The topological polar surface area (TPSA) is 115 Å². The first-order valence-electron chi connectivity index (χ1n) is 8.05. The smallest absolute Gasteiger partial charge is 0.244 e. The van der Waals surface area contributed by atoms with E-state index in [1.54, 1.807) is 18.3 Å². The van der Waals surface area contributed by atoms with Gasteiger partial charge >= 0.3 is 0 Å². The number of pyridine rings is 2. The molecule has 25 heavy (non-hydrogen) atoms. The maximum Gasteiger partial charge on any atom is 0.244 e. The van der Waals surface area contributed by atoms with Gasteiger partial charge in [0.2, 0.25) is 10.0 Å². The highest BCUT2D eigenvalue weighted by molar-refractivity contribution is 7.89. The van der Waals surface area contributed by atoms with Gasteiger partial charge in [0.1, 0.15) is 16.5 Å². The highest BCUT2D eigenvalue weighted by Gasteiger charge is 2.26. The first-order valence-corrected chi connectivity index (χ1v) is 9.53. The summed E-state index contributed by atoms with van der Waals surface area (Å²) in [6.07, 6.45) is 5.43. The molecule has 8 heteroatoms. The number of nitrogen functional groups attached to an aromatic ring is 1. The number of nitrogens with zero attached hydrogens (tertiary/aromatic N) is 2. The van der Waals surface area contributed by atoms with Crippen LogP contribution in [0.3, 0.4) is 0 Å². The summed E-state index contributed by atoms with van der Waals surface area (Å²) in [4.78, 5) is 19.4. The molecule has 2 aromatic heterocycles. The van der Waals surface area contributed by atoms with Gasteiger partial charge in [-0.15, -0.1) is 0 Å². The van der Waals surface area contributed by atoms with Gasteiger partial charge in [-0.1, -0.05) is 0 Å². The van der Waals surface area contributed by atoms with Crippen LogP contribution in [0.2, 0.25) is 0 Å². The molecule has 0 atom stereocenters. The molecule has 2 aromatic rings. The first-order chi connectivity index (χ1) is 11.8. The molecule has 0 radical (unpaired) electrons. The minimum atomic E-state index is -3.71. The van der Waals surface area contributed by atoms with Crippen molar-refractivity contribution in [3.05, 3.63) is 36.3 Å². The van der Waals surface area contributed by atoms with Gasteiger partial charge < -0.3 is 5.73 Å². The van der Waals surface area contributed by atoms with Gasteiger partial charge in [-0.2, -0.15) is 0 Å². The molecular weight excluding hydrogens is 340 g/mol. The molecule has 0 amide bonds. The number of carbonyl (C=O) groups excluding carboxylic acids is 1. The van der Waals surface area contributed by atoms with Crippen LogP contribution < -0.4 is 10.5 Å². The van der Waals surface area contributed by atoms with Crippen LogP contribution in [-0.4, -0.2) is 30.7 Å². The quantitative estimate of drug-likeness (QED) is 0.774. The Balaban J connectivity index is 1.92. The summed E-state index contributed by atoms with van der Waals surface area (Å²) in [7, 11) is -3.71. The van der Waals surface area contributed by atoms with Crippen molar-refractivity contribution in [2.24, 2.45) is 5.92 Å². The van der Waals surface area contributed by atoms with E-state index >= 15 is 0 Å². The van der Waals surface area contributed by atoms with Crippen LogP contribution in [0.15, 0.2) is 35.5 Å². The van der Waals surface area contributed by atoms with Crippen LogP contribution >= 0.6 is 0 Å². The Morgan fingerprint density at radius 2 is 2.04 bits per heavy atom. The number of Topliss-reactive ketones (excluding diaryl/α,β-unsaturated/α-hetero) is 1. The molecule has 132 valence electrons. The molecule has 7 nitrogen and oxygen atoms in total. The monoisotopic (exact) mass is 360 g/mol. The van der Waals surface area contributed by atoms with Gasteiger partial charge in [0, 0.05) is 36.6 Å². The van der Waals surface area contributed by atoms with Crippen molar-refractivity contribution < 1.29 is 13.2 Å². The van der Waals surface area contributed by atoms with Crippen molar-refractivity contribution >= 4 is 21.6 Å². The molecule has 3 N–H and O–H groups in total. The number of nitrogens with one attached hydrogen (secondary N) is 1. The number of aromatic nitrogens is 2. The molecule has 0 spiro atoms. The predicted molar refractivity (Wildman–Crippen MR) is 94.2 cm³/mol. The van der Waals surface area contributed by atoms with E-state index in [4.69, 9.17) is 5.73 Å². The summed E-state index contributed by atoms with van der Waals surface area (Å²) >= 11 is 0. The maximum absolute atomic E-state index is 12.5. The highest BCUT2D eigenvalue weighted by Crippen LogP contribution is 2.29. The van der Waals surface area contributed by atoms with Crippen LogP contribution in [-0.2, 0) is 21.2 Å². The van der Waals surface area contributed by atoms with Crippen molar-refractivity contribution in [2.75, 3.05) is 12.3 Å². The minimum absolute atomic E-state index is 0.00706. The van der Waals surface area contributed by atoms with Crippen LogP contribution in [0, 0.1) is 5.92 Å². The number of rotatable bonds is 7. The number of carbonyl (C=O) groups is 1. The van der Waals surface area contributed by atoms with Crippen LogP contribution in [0.25, 0.3) is 11.1 Å². The largest absolute Gasteiger partial charge is 0.383 e. The second kappa shape index (κ2) is 6.89. The number of nitrogens with two attached hydrogens (primary N) is 1. The van der Waals surface area contributed by atoms with Crippen LogP contribution in [0.4, 0.5) is 5.82 Å². The zero-order chi connectivity index (χ0) is 18.0. The number of anilines is 1. The van der Waals surface area contributed by atoms with E-state index in [0.717, 1.165) is 18.4 Å². The van der Waals surface area contributed by atoms with E-state index in [1.807, 2.05) is 0 Å². The van der Waals surface area contributed by atoms with Crippen molar-refractivity contribution in [1.82, 2.24) is 14.7 Å². The van der Waals surface area contributed by atoms with Gasteiger partial charge in [-0.25, -0.2) is 18.1 Å². The highest BCUT2D eigenvalue weighted by atomic mass is 32.2. The Hall–Kier alpha value is -2.32. The molecule has 1 saturated carbocycles. The van der Waals surface area contributed by atoms with Crippen LogP contribution in [0.1, 0.15) is 25.5 Å². The zero-order valence-electron chi connectivity index (χ0n) is 13.9. The fourth-order valence-electron chi connectivity index (χ4n) is 2.47. The number of hydrogen-bond donors (Lipinski definition) is 2. The lowest BCUT2D eigenvalue weighted by molar-refractivity contribution is -0.116. The Bertz CT molecular complexity index is 908. The normalized spacial score (nSPS) is 14.4. The molecule has 0 bridgehead atoms. The molecule has 0 saturated heterocycles. The van der Waals surface area contributed by atoms with Gasteiger partial charge in [-0.3, -0.25) is 9.78 Å². The fourth-order valence-corrected chi connectivity index (χ4v) is 3.69. The second-order valence-electron chi connectivity index (χ2n) is 6.32. The third kappa shape index (κ3) is 4.40. The molecule has 0 aliphatic heterocycles. The second-order valence-corrected chi connectivity index (χ2v) is 8.05. The molecule has 3 rings (SSSR count). The maximum atomic E-state index is 12.5. The Morgan fingerprint density at radius 3 is 2.72 bits per heavy atom. The lowest BCUT2D eigenvalue weighted by Gasteiger charge is -2.10. The molecule has 1 fully saturated rings. The summed E-state index contributed by atoms with van der Waals surface area (Å²) < 4.78 is 27.6. The van der Waals surface area contributed by atoms with Gasteiger partial charge in [0.05, 0.1) is 0 Å². The van der Waals surface area contributed by atoms with E-state index < -0.39 is 10.0 Å². The Labute approximate surface area is 146 Å². The number of ketones is 1. The zero-order valence-corrected chi connectivity index (χ0v) is 14.7. The molecule has 0 unspecified atom stereocenters. The van der Waals surface area contributed by atoms with E-state index in [0.29, 0.717) is 23.7 Å². The predicted octanol–water partition coefficient (Wildman–Crippen LogP) is 1.55. The standard InChI is InChI=1S/C17H20N4O3S/c1-11(22)6-15-7-13(4-5-19-15)14-8-16(17(18)20-10-14)25(23,24)21-9-12-2-3-12/h4-5,7-8,10,12,21H,2-3,6,9H2,1H3,(H2,18,20). The third-order valence-corrected chi connectivity index (χ3v) is 5.46. The third-order valence-electron chi connectivity index (χ3n) is 4.01. The summed E-state index contributed by atoms with van der Waals surface area (Å²) in [5.74, 6) is 0.388. The average molecular weight is 360 g/mol. The van der Waals surface area contributed by atoms with Crippen LogP contribution in [0.5, 0.6) is 0 Å². The van der Waals surface area contributed by atoms with Crippen molar-refractivity contribution in [3.8, 4) is 11.1 Å². The molecule has 1 aliphatic rings. The van der Waals surface area contributed by atoms with E-state index in [2.05, 4.69) is 14.7 Å². The Kier molecular flexibility index (Phi) is 4.82. The lowest BCUT2D eigenvalue weighted by atomic mass is 10.1. The summed E-state index contributed by atoms with van der Waals surface area (Å²) in [5.41, 5.74) is 7.75. The summed E-state index contributed by atoms with van der Waals surface area (Å²) in [6, 6.07) is 5.00. The van der Waals surface area contributed by atoms with Gasteiger partial charge in [0.15, 0.2) is 0 Å². The fraction of sp³-hybridized carbons (Fsp3) is 0.353. The van der Waals surface area contributed by atoms with Gasteiger partial charge in [-0.05, 0) is 49.4 Å². The van der Waals surface area contributed by atoms with E-state index in [1.165, 1.54) is 19.2 Å². The molecule has 0 aromatic carbocycles. The first kappa shape index (κ1) is 17.5. The van der Waals surface area contributed by atoms with E-state index in [9.17, 15) is 13.2 Å². The van der Waals surface area contributed by atoms with Crippen molar-refractivity contribution in [3.63, 3.8) is 0 Å². The number of sulfonamides is 1. The molecule has 2 heterocycles. The molecular formula is C17H20N4O3S. The van der Waals surface area contributed by atoms with Crippen molar-refractivity contribution in [1.29, 1.82) is 0 Å². The SMILES string of the molecule is CC(=O)Cc1cc(-c2cnc(N)c(S(=O)(=O)NCC3CC3)c2)ccn1. The molecule has 1 aliphatic carbocycles. The summed E-state index contributed by atoms with van der Waals surface area (Å²) in [5, 5.41) is 0. The van der Waals surface area contributed by atoms with Crippen molar-refractivity contribution in [2.45, 2.75) is 31.1 Å².